The van der Waals surface area contributed by atoms with Crippen molar-refractivity contribution in [2.45, 2.75) is 31.0 Å². The molecule has 8 nitrogen and oxygen atoms in total. The molecular weight excluding hydrogens is 378 g/mol. The molecule has 4 heterocycles. The molecule has 1 saturated heterocycles. The number of carbonyl (C=O) groups is 2. The molecule has 0 aromatic carbocycles. The van der Waals surface area contributed by atoms with Gasteiger partial charge in [0.05, 0.1) is 22.9 Å². The van der Waals surface area contributed by atoms with Crippen molar-refractivity contribution < 1.29 is 24.4 Å². The van der Waals surface area contributed by atoms with Crippen LogP contribution in [0.2, 0.25) is 0 Å². The van der Waals surface area contributed by atoms with Crippen LogP contribution in [-0.4, -0.2) is 59.3 Å². The van der Waals surface area contributed by atoms with Crippen LogP contribution in [0.4, 0.5) is 0 Å². The molecule has 1 fully saturated rings. The third kappa shape index (κ3) is 2.19. The van der Waals surface area contributed by atoms with Gasteiger partial charge in [0.25, 0.3) is 5.03 Å². The summed E-state index contributed by atoms with van der Waals surface area (Å²) in [6, 6.07) is -0.358. The van der Waals surface area contributed by atoms with E-state index in [0.29, 0.717) is 20.3 Å². The van der Waals surface area contributed by atoms with Crippen molar-refractivity contribution in [3.63, 3.8) is 0 Å². The van der Waals surface area contributed by atoms with Crippen LogP contribution in [0.15, 0.2) is 23.2 Å². The number of rotatable bonds is 4. The molecule has 0 saturated carbocycles. The van der Waals surface area contributed by atoms with Gasteiger partial charge in [-0.3, -0.25) is 9.20 Å². The predicted molar refractivity (Wildman–Crippen MR) is 94.9 cm³/mol. The molecule has 4 rings (SSSR count). The second kappa shape index (κ2) is 5.81. The maximum atomic E-state index is 12.4. The number of carbonyl (C=O) groups excluding carboxylic acids is 1. The zero-order valence-electron chi connectivity index (χ0n) is 14.2. The number of fused-ring (bicyclic) bond motifs is 2. The molecule has 0 aliphatic carbocycles. The van der Waals surface area contributed by atoms with Gasteiger partial charge in [-0.2, -0.15) is 4.98 Å². The fourth-order valence-electron chi connectivity index (χ4n) is 3.99. The van der Waals surface area contributed by atoms with Crippen molar-refractivity contribution in [2.24, 2.45) is 11.8 Å². The highest BCUT2D eigenvalue weighted by Crippen LogP contribution is 2.51. The zero-order valence-corrected chi connectivity index (χ0v) is 15.9. The number of carboxylic acid groups (broad SMARTS) is 1. The molecule has 1 unspecified atom stereocenters. The first-order valence-corrected chi connectivity index (χ1v) is 10.4. The highest BCUT2D eigenvalue weighted by molar-refractivity contribution is 7.91. The maximum Gasteiger partial charge on any atom is 0.352 e. The van der Waals surface area contributed by atoms with Gasteiger partial charge in [0.2, 0.25) is 5.91 Å². The number of hydrogen-bond acceptors (Lipinski definition) is 6. The van der Waals surface area contributed by atoms with Gasteiger partial charge in [-0.15, -0.1) is 11.3 Å². The maximum absolute atomic E-state index is 12.4. The average molecular weight is 395 g/mol. The van der Waals surface area contributed by atoms with Crippen LogP contribution in [0, 0.1) is 11.8 Å². The number of aliphatic hydroxyl groups is 1. The summed E-state index contributed by atoms with van der Waals surface area (Å²) in [5.41, 5.74) is 0.543. The third-order valence-corrected chi connectivity index (χ3v) is 7.21. The largest absolute Gasteiger partial charge is 0.610 e. The van der Waals surface area contributed by atoms with Crippen LogP contribution in [0.5, 0.6) is 0 Å². The van der Waals surface area contributed by atoms with E-state index in [4.69, 9.17) is 0 Å². The van der Waals surface area contributed by atoms with Crippen LogP contribution in [0.3, 0.4) is 0 Å². The number of amides is 1. The highest BCUT2D eigenvalue weighted by atomic mass is 32.2. The van der Waals surface area contributed by atoms with E-state index in [2.05, 4.69) is 4.98 Å². The first kappa shape index (κ1) is 17.5. The van der Waals surface area contributed by atoms with Crippen molar-refractivity contribution in [1.82, 2.24) is 14.3 Å². The second-order valence-corrected chi connectivity index (χ2v) is 8.96. The summed E-state index contributed by atoms with van der Waals surface area (Å²) >= 11 is 0.0519. The molecule has 0 radical (unpaired) electrons. The quantitative estimate of drug-likeness (QED) is 0.584. The van der Waals surface area contributed by atoms with Crippen LogP contribution >= 0.6 is 11.3 Å². The zero-order chi connectivity index (χ0) is 18.9. The monoisotopic (exact) mass is 395 g/mol. The van der Waals surface area contributed by atoms with Gasteiger partial charge < -0.3 is 19.7 Å². The highest BCUT2D eigenvalue weighted by Gasteiger charge is 2.60. The number of β-lactam (4-membered cyclic amide) rings is 1. The Morgan fingerprint density at radius 3 is 2.77 bits per heavy atom. The standard InChI is InChI=1S/C16H17N3O5S2/c1-6-9(8-4-18-5-17-13(26(3)24)15(18)25-8)12(16(22)23)19-11(6)10(7(2)20)14(19)21/h4-7,10-11,20H,1-3H3,(H,22,23)/t6-,7+,10+,11+,26?/m0/s1. The number of imidazole rings is 1. The first-order valence-electron chi connectivity index (χ1n) is 8.03. The number of nitrogens with zero attached hydrogens (tertiary/aromatic N) is 3. The van der Waals surface area contributed by atoms with Gasteiger partial charge in [0.15, 0.2) is 4.83 Å². The Kier molecular flexibility index (Phi) is 3.92. The van der Waals surface area contributed by atoms with Gasteiger partial charge in [-0.05, 0) is 6.92 Å². The molecule has 5 atom stereocenters. The van der Waals surface area contributed by atoms with Crippen LogP contribution in [-0.2, 0) is 20.8 Å². The Morgan fingerprint density at radius 2 is 2.19 bits per heavy atom. The Labute approximate surface area is 155 Å². The second-order valence-electron chi connectivity index (χ2n) is 6.63. The molecule has 2 aromatic heterocycles. The molecule has 0 spiro atoms. The predicted octanol–water partition coefficient (Wildman–Crippen LogP) is 0.786. The number of aliphatic hydroxyl groups excluding tert-OH is 1. The minimum Gasteiger partial charge on any atom is -0.610 e. The summed E-state index contributed by atoms with van der Waals surface area (Å²) in [5.74, 6) is -2.35. The molecule has 1 amide bonds. The van der Waals surface area contributed by atoms with E-state index in [9.17, 15) is 24.4 Å². The van der Waals surface area contributed by atoms with Crippen molar-refractivity contribution >= 4 is 44.8 Å². The Balaban J connectivity index is 1.85. The lowest BCUT2D eigenvalue weighted by atomic mass is 9.77. The number of aromatic nitrogens is 2. The number of thiazole rings is 1. The molecular formula is C16H17N3O5S2. The molecule has 2 N–H and O–H groups in total. The van der Waals surface area contributed by atoms with Crippen molar-refractivity contribution in [3.05, 3.63) is 23.1 Å². The molecule has 2 aromatic rings. The van der Waals surface area contributed by atoms with Gasteiger partial charge >= 0.3 is 5.97 Å². The van der Waals surface area contributed by atoms with E-state index in [1.54, 1.807) is 30.1 Å². The normalized spacial score (nSPS) is 27.7. The molecule has 2 aliphatic heterocycles. The lowest BCUT2D eigenvalue weighted by Crippen LogP contribution is -2.63. The van der Waals surface area contributed by atoms with Crippen LogP contribution in [0.25, 0.3) is 10.4 Å². The first-order chi connectivity index (χ1) is 12.2. The minimum absolute atomic E-state index is 0.0268. The summed E-state index contributed by atoms with van der Waals surface area (Å²) in [6.07, 6.45) is 4.01. The van der Waals surface area contributed by atoms with Crippen LogP contribution in [0.1, 0.15) is 18.7 Å². The summed E-state index contributed by atoms with van der Waals surface area (Å²) in [7, 11) is 0. The van der Waals surface area contributed by atoms with Gasteiger partial charge in [0, 0.05) is 28.9 Å². The summed E-state index contributed by atoms with van der Waals surface area (Å²) in [4.78, 5) is 31.1. The Morgan fingerprint density at radius 1 is 1.50 bits per heavy atom. The van der Waals surface area contributed by atoms with E-state index in [-0.39, 0.29) is 23.6 Å². The van der Waals surface area contributed by atoms with Crippen molar-refractivity contribution in [2.75, 3.05) is 6.26 Å². The smallest absolute Gasteiger partial charge is 0.352 e. The molecule has 138 valence electrons. The fourth-order valence-corrected chi connectivity index (χ4v) is 6.13. The van der Waals surface area contributed by atoms with E-state index >= 15 is 0 Å². The third-order valence-electron chi connectivity index (χ3n) is 5.09. The lowest BCUT2D eigenvalue weighted by Gasteiger charge is -2.46. The number of hydrogen-bond donors (Lipinski definition) is 2. The van der Waals surface area contributed by atoms with Crippen molar-refractivity contribution in [3.8, 4) is 0 Å². The Bertz CT molecular complexity index is 960. The number of aliphatic carboxylic acids is 1. The van der Waals surface area contributed by atoms with Gasteiger partial charge in [-0.1, -0.05) is 6.92 Å². The van der Waals surface area contributed by atoms with Crippen molar-refractivity contribution in [1.29, 1.82) is 0 Å². The van der Waals surface area contributed by atoms with Gasteiger partial charge in [0.1, 0.15) is 18.3 Å². The topological polar surface area (TPSA) is 118 Å². The summed E-state index contributed by atoms with van der Waals surface area (Å²) < 4.78 is 13.5. The minimum atomic E-state index is -1.26. The molecule has 26 heavy (non-hydrogen) atoms. The van der Waals surface area contributed by atoms with E-state index in [0.717, 1.165) is 0 Å². The molecule has 10 heteroatoms. The summed E-state index contributed by atoms with van der Waals surface area (Å²) in [5, 5.41) is 20.1. The molecule has 2 aliphatic rings. The van der Waals surface area contributed by atoms with Gasteiger partial charge in [-0.25, -0.2) is 4.79 Å². The lowest BCUT2D eigenvalue weighted by molar-refractivity contribution is -0.163. The Hall–Kier alpha value is -1.88. The van der Waals surface area contributed by atoms with E-state index < -0.39 is 29.2 Å². The van der Waals surface area contributed by atoms with Crippen LogP contribution < -0.4 is 0 Å². The average Bonchev–Trinajstić information content (AvgIpc) is 3.16. The fraction of sp³-hybridized carbons (Fsp3) is 0.438. The van der Waals surface area contributed by atoms with E-state index in [1.165, 1.54) is 16.2 Å². The SMILES string of the molecule is C[C@@H](O)[C@H]1C(=O)N2C(C(=O)O)=C(c3cn4cnc([S+](C)[O-])c4s3)[C@H](C)[C@H]12. The number of carboxylic acids is 1. The summed E-state index contributed by atoms with van der Waals surface area (Å²) in [6.45, 7) is 3.42. The molecule has 0 bridgehead atoms. The van der Waals surface area contributed by atoms with E-state index in [1.807, 2.05) is 6.92 Å².